The maximum Gasteiger partial charge on any atom is 0.235 e. The van der Waals surface area contributed by atoms with Gasteiger partial charge in [-0.3, -0.25) is 4.57 Å². The number of rotatable bonds is 3. The molecule has 0 N–H and O–H groups in total. The van der Waals surface area contributed by atoms with Crippen molar-refractivity contribution >= 4 is 118 Å². The van der Waals surface area contributed by atoms with Crippen LogP contribution in [0.2, 0.25) is 0 Å². The minimum absolute atomic E-state index is 0.662. The molecule has 60 heavy (non-hydrogen) atoms. The SMILES string of the molecule is c1ccc(-c2ccc(-c3nc(-n4c5ccccc5c5c6cccc7c8cccc9c%10c(cc(c(cc54)c76)c89)sc4ccccc4%10)nc4ccccc34)c3ccccc23)cc1. The standard InChI is InChI=1S/C56H31N3S/c1-2-14-32(15-3-1)33-28-29-38(35-17-5-4-16-34(33)35)55-39-18-6-9-25-46(39)57-56(58-55)59-47-26-10-7-19-40(47)53-42-23-12-21-36-37-22-13-24-43-52(37)45(44(51(36)42)30-48(53)59)31-50-54(43)41-20-8-11-27-49(41)60-50/h1-31H. The molecule has 0 radical (unpaired) electrons. The summed E-state index contributed by atoms with van der Waals surface area (Å²) in [6.07, 6.45) is 0. The molecular weight excluding hydrogens is 747 g/mol. The summed E-state index contributed by atoms with van der Waals surface area (Å²) in [7, 11) is 0. The van der Waals surface area contributed by atoms with Gasteiger partial charge in [0.05, 0.1) is 22.2 Å². The molecule has 3 nitrogen and oxygen atoms in total. The van der Waals surface area contributed by atoms with Crippen molar-refractivity contribution in [3.05, 3.63) is 188 Å². The average molecular weight is 778 g/mol. The largest absolute Gasteiger partial charge is 0.278 e. The van der Waals surface area contributed by atoms with E-state index in [9.17, 15) is 0 Å². The Labute approximate surface area is 347 Å². The van der Waals surface area contributed by atoms with Gasteiger partial charge in [0, 0.05) is 41.9 Å². The fraction of sp³-hybridized carbons (Fsp3) is 0. The van der Waals surface area contributed by atoms with Crippen molar-refractivity contribution in [2.45, 2.75) is 0 Å². The highest BCUT2D eigenvalue weighted by atomic mass is 32.1. The number of thiophene rings is 1. The second-order valence-corrected chi connectivity index (χ2v) is 17.1. The highest BCUT2D eigenvalue weighted by Gasteiger charge is 2.24. The van der Waals surface area contributed by atoms with E-state index in [1.807, 2.05) is 11.3 Å². The van der Waals surface area contributed by atoms with E-state index in [0.717, 1.165) is 38.6 Å². The zero-order valence-electron chi connectivity index (χ0n) is 32.1. The molecule has 276 valence electrons. The molecule has 3 heterocycles. The lowest BCUT2D eigenvalue weighted by Crippen LogP contribution is -2.04. The lowest BCUT2D eigenvalue weighted by molar-refractivity contribution is 1.01. The van der Waals surface area contributed by atoms with Gasteiger partial charge in [0.2, 0.25) is 5.95 Å². The maximum atomic E-state index is 5.63. The number of hydrogen-bond acceptors (Lipinski definition) is 3. The minimum atomic E-state index is 0.662. The summed E-state index contributed by atoms with van der Waals surface area (Å²) in [6.45, 7) is 0. The summed E-state index contributed by atoms with van der Waals surface area (Å²) in [5.41, 5.74) is 7.52. The first-order chi connectivity index (χ1) is 29.8. The zero-order valence-corrected chi connectivity index (χ0v) is 33.0. The first kappa shape index (κ1) is 32.3. The van der Waals surface area contributed by atoms with E-state index < -0.39 is 0 Å². The summed E-state index contributed by atoms with van der Waals surface area (Å²) in [5.74, 6) is 0.662. The van der Waals surface area contributed by atoms with Crippen LogP contribution >= 0.6 is 11.3 Å². The summed E-state index contributed by atoms with van der Waals surface area (Å²) < 4.78 is 4.96. The molecule has 0 saturated carbocycles. The Kier molecular flexibility index (Phi) is 6.44. The van der Waals surface area contributed by atoms with E-state index in [1.54, 1.807) is 0 Å². The van der Waals surface area contributed by atoms with Crippen molar-refractivity contribution in [1.82, 2.24) is 14.5 Å². The van der Waals surface area contributed by atoms with E-state index in [2.05, 4.69) is 193 Å². The molecule has 14 aromatic rings. The number of benzene rings is 11. The summed E-state index contributed by atoms with van der Waals surface area (Å²) in [4.78, 5) is 11.0. The average Bonchev–Trinajstić information content (AvgIpc) is 3.86. The Morgan fingerprint density at radius 3 is 1.72 bits per heavy atom. The van der Waals surface area contributed by atoms with Gasteiger partial charge < -0.3 is 0 Å². The second-order valence-electron chi connectivity index (χ2n) is 16.0. The van der Waals surface area contributed by atoms with Gasteiger partial charge in [-0.15, -0.1) is 11.3 Å². The third-order valence-corrected chi connectivity index (χ3v) is 14.1. The molecule has 0 fully saturated rings. The molecule has 11 aromatic carbocycles. The Bertz CT molecular complexity index is 4120. The second kappa shape index (κ2) is 12.0. The smallest absolute Gasteiger partial charge is 0.235 e. The molecular formula is C56H31N3S. The van der Waals surface area contributed by atoms with E-state index in [-0.39, 0.29) is 0 Å². The third-order valence-electron chi connectivity index (χ3n) is 12.9. The van der Waals surface area contributed by atoms with Crippen LogP contribution in [0, 0.1) is 0 Å². The molecule has 0 atom stereocenters. The highest BCUT2D eigenvalue weighted by Crippen LogP contribution is 2.49. The van der Waals surface area contributed by atoms with Gasteiger partial charge in [0.25, 0.3) is 0 Å². The lowest BCUT2D eigenvalue weighted by Gasteiger charge is -2.17. The van der Waals surface area contributed by atoms with Crippen molar-refractivity contribution < 1.29 is 0 Å². The van der Waals surface area contributed by atoms with E-state index >= 15 is 0 Å². The monoisotopic (exact) mass is 777 g/mol. The van der Waals surface area contributed by atoms with Crippen molar-refractivity contribution in [2.24, 2.45) is 0 Å². The Balaban J connectivity index is 1.12. The normalized spacial score (nSPS) is 12.3. The van der Waals surface area contributed by atoms with Gasteiger partial charge in [0.15, 0.2) is 0 Å². The fourth-order valence-corrected chi connectivity index (χ4v) is 11.6. The molecule has 0 aliphatic heterocycles. The van der Waals surface area contributed by atoms with Gasteiger partial charge in [-0.2, -0.15) is 0 Å². The van der Waals surface area contributed by atoms with Crippen molar-refractivity contribution in [2.75, 3.05) is 0 Å². The predicted molar refractivity (Wildman–Crippen MR) is 256 cm³/mol. The number of aromatic nitrogens is 3. The maximum absolute atomic E-state index is 5.63. The van der Waals surface area contributed by atoms with E-state index in [4.69, 9.17) is 9.97 Å². The quantitative estimate of drug-likeness (QED) is 0.132. The van der Waals surface area contributed by atoms with Gasteiger partial charge >= 0.3 is 0 Å². The third kappa shape index (κ3) is 4.27. The predicted octanol–water partition coefficient (Wildman–Crippen LogP) is 15.6. The van der Waals surface area contributed by atoms with Crippen LogP contribution in [0.5, 0.6) is 0 Å². The van der Waals surface area contributed by atoms with E-state index in [1.165, 1.54) is 90.5 Å². The molecule has 0 unspecified atom stereocenters. The van der Waals surface area contributed by atoms with Gasteiger partial charge in [-0.1, -0.05) is 158 Å². The minimum Gasteiger partial charge on any atom is -0.278 e. The summed E-state index contributed by atoms with van der Waals surface area (Å²) in [6, 6.07) is 68.6. The first-order valence-corrected chi connectivity index (χ1v) is 21.3. The summed E-state index contributed by atoms with van der Waals surface area (Å²) >= 11 is 1.89. The number of fused-ring (bicyclic) bond motifs is 12. The molecule has 0 spiro atoms. The highest BCUT2D eigenvalue weighted by molar-refractivity contribution is 7.26. The van der Waals surface area contributed by atoms with Gasteiger partial charge in [0.1, 0.15) is 0 Å². The Hall–Kier alpha value is -7.66. The molecule has 0 saturated heterocycles. The Morgan fingerprint density at radius 1 is 0.333 bits per heavy atom. The summed E-state index contributed by atoms with van der Waals surface area (Å²) in [5, 5.41) is 18.8. The first-order valence-electron chi connectivity index (χ1n) is 20.5. The number of para-hydroxylation sites is 2. The van der Waals surface area contributed by atoms with Crippen molar-refractivity contribution in [3.8, 4) is 28.3 Å². The topological polar surface area (TPSA) is 30.7 Å². The van der Waals surface area contributed by atoms with Crippen LogP contribution in [0.3, 0.4) is 0 Å². The lowest BCUT2D eigenvalue weighted by atomic mass is 9.87. The van der Waals surface area contributed by atoms with Crippen LogP contribution in [-0.4, -0.2) is 14.5 Å². The van der Waals surface area contributed by atoms with Crippen LogP contribution in [0.4, 0.5) is 0 Å². The molecule has 3 aromatic heterocycles. The van der Waals surface area contributed by atoms with Crippen LogP contribution in [-0.2, 0) is 0 Å². The molecule has 0 bridgehead atoms. The molecule has 0 aliphatic rings. The van der Waals surface area contributed by atoms with Crippen molar-refractivity contribution in [3.63, 3.8) is 0 Å². The molecule has 4 heteroatoms. The van der Waals surface area contributed by atoms with E-state index in [0.29, 0.717) is 5.95 Å². The van der Waals surface area contributed by atoms with Gasteiger partial charge in [-0.25, -0.2) is 9.97 Å². The van der Waals surface area contributed by atoms with Crippen LogP contribution in [0.25, 0.3) is 135 Å². The molecule has 14 rings (SSSR count). The van der Waals surface area contributed by atoms with Crippen molar-refractivity contribution in [1.29, 1.82) is 0 Å². The van der Waals surface area contributed by atoms with Crippen LogP contribution < -0.4 is 0 Å². The molecule has 0 aliphatic carbocycles. The molecule has 0 amide bonds. The van der Waals surface area contributed by atoms with Crippen LogP contribution in [0.15, 0.2) is 188 Å². The Morgan fingerprint density at radius 2 is 0.917 bits per heavy atom. The fourth-order valence-electron chi connectivity index (χ4n) is 10.5. The van der Waals surface area contributed by atoms with Crippen LogP contribution in [0.1, 0.15) is 0 Å². The van der Waals surface area contributed by atoms with Gasteiger partial charge in [-0.05, 0) is 95.3 Å². The number of hydrogen-bond donors (Lipinski definition) is 0. The number of nitrogens with zero attached hydrogens (tertiary/aromatic N) is 3. The zero-order chi connectivity index (χ0) is 39.1.